The van der Waals surface area contributed by atoms with Crippen LogP contribution in [0.25, 0.3) is 0 Å². The molecule has 0 saturated carbocycles. The summed E-state index contributed by atoms with van der Waals surface area (Å²) in [5.74, 6) is -0.476. The van der Waals surface area contributed by atoms with Gasteiger partial charge in [-0.25, -0.2) is 0 Å². The first-order chi connectivity index (χ1) is 9.02. The predicted octanol–water partition coefficient (Wildman–Crippen LogP) is 1.05. The third-order valence-electron chi connectivity index (χ3n) is 3.08. The molecular weight excluding hydrogens is 244 g/mol. The number of hydrogen-bond acceptors (Lipinski definition) is 3. The van der Waals surface area contributed by atoms with Crippen molar-refractivity contribution in [2.24, 2.45) is 0 Å². The minimum Gasteiger partial charge on any atom is -0.352 e. The summed E-state index contributed by atoms with van der Waals surface area (Å²) in [4.78, 5) is 36.3. The van der Waals surface area contributed by atoms with Crippen LogP contribution in [0.15, 0.2) is 18.2 Å². The summed E-state index contributed by atoms with van der Waals surface area (Å²) in [6, 6.07) is 5.17. The lowest BCUT2D eigenvalue weighted by atomic mass is 10.1. The van der Waals surface area contributed by atoms with Crippen LogP contribution in [0.5, 0.6) is 0 Å². The van der Waals surface area contributed by atoms with Gasteiger partial charge in [-0.15, -0.1) is 0 Å². The molecular formula is C14H16N2O3. The SMILES string of the molecule is CCNC(=O)c1ccc(C)c(N2CC(=O)CC2=O)c1. The molecule has 0 atom stereocenters. The van der Waals surface area contributed by atoms with Crippen LogP contribution in [0.4, 0.5) is 5.69 Å². The van der Waals surface area contributed by atoms with Gasteiger partial charge in [0.25, 0.3) is 5.91 Å². The Labute approximate surface area is 111 Å². The first-order valence-corrected chi connectivity index (χ1v) is 6.24. The van der Waals surface area contributed by atoms with Crippen molar-refractivity contribution < 1.29 is 14.4 Å². The number of benzene rings is 1. The van der Waals surface area contributed by atoms with E-state index >= 15 is 0 Å². The molecule has 1 aromatic rings. The maximum atomic E-state index is 11.8. The molecule has 5 nitrogen and oxygen atoms in total. The second kappa shape index (κ2) is 5.22. The van der Waals surface area contributed by atoms with E-state index in [0.717, 1.165) is 5.56 Å². The molecule has 1 heterocycles. The second-order valence-electron chi connectivity index (χ2n) is 4.56. The lowest BCUT2D eigenvalue weighted by Crippen LogP contribution is -2.27. The summed E-state index contributed by atoms with van der Waals surface area (Å²) in [7, 11) is 0. The van der Waals surface area contributed by atoms with Crippen molar-refractivity contribution in [1.29, 1.82) is 0 Å². The van der Waals surface area contributed by atoms with Gasteiger partial charge >= 0.3 is 0 Å². The molecule has 1 N–H and O–H groups in total. The summed E-state index contributed by atoms with van der Waals surface area (Å²) >= 11 is 0. The Morgan fingerprint density at radius 1 is 1.37 bits per heavy atom. The van der Waals surface area contributed by atoms with E-state index in [0.29, 0.717) is 17.8 Å². The fourth-order valence-electron chi connectivity index (χ4n) is 2.11. The topological polar surface area (TPSA) is 66.5 Å². The van der Waals surface area contributed by atoms with Crippen molar-refractivity contribution in [2.75, 3.05) is 18.0 Å². The summed E-state index contributed by atoms with van der Waals surface area (Å²) in [5.41, 5.74) is 2.00. The van der Waals surface area contributed by atoms with E-state index < -0.39 is 0 Å². The largest absolute Gasteiger partial charge is 0.352 e. The molecule has 19 heavy (non-hydrogen) atoms. The Morgan fingerprint density at radius 2 is 2.11 bits per heavy atom. The fraction of sp³-hybridized carbons (Fsp3) is 0.357. The van der Waals surface area contributed by atoms with Crippen LogP contribution in [-0.2, 0) is 9.59 Å². The summed E-state index contributed by atoms with van der Waals surface area (Å²) < 4.78 is 0. The molecule has 1 aliphatic rings. The number of carbonyl (C=O) groups is 3. The summed E-state index contributed by atoms with van der Waals surface area (Å²) in [5, 5.41) is 2.71. The van der Waals surface area contributed by atoms with E-state index in [-0.39, 0.29) is 30.6 Å². The Hall–Kier alpha value is -2.17. The van der Waals surface area contributed by atoms with Gasteiger partial charge in [-0.05, 0) is 31.5 Å². The quantitative estimate of drug-likeness (QED) is 0.826. The van der Waals surface area contributed by atoms with Crippen LogP contribution in [0.3, 0.4) is 0 Å². The molecule has 1 aromatic carbocycles. The zero-order valence-electron chi connectivity index (χ0n) is 11.0. The molecule has 100 valence electrons. The van der Waals surface area contributed by atoms with Crippen molar-refractivity contribution in [3.05, 3.63) is 29.3 Å². The normalized spacial score (nSPS) is 14.9. The monoisotopic (exact) mass is 260 g/mol. The average molecular weight is 260 g/mol. The molecule has 1 aliphatic heterocycles. The van der Waals surface area contributed by atoms with E-state index in [1.807, 2.05) is 13.8 Å². The lowest BCUT2D eigenvalue weighted by molar-refractivity contribution is -0.121. The fourth-order valence-corrected chi connectivity index (χ4v) is 2.11. The molecule has 0 bridgehead atoms. The molecule has 0 aliphatic carbocycles. The van der Waals surface area contributed by atoms with Gasteiger partial charge in [-0.1, -0.05) is 6.07 Å². The smallest absolute Gasteiger partial charge is 0.251 e. The van der Waals surface area contributed by atoms with E-state index in [4.69, 9.17) is 0 Å². The number of aryl methyl sites for hydroxylation is 1. The molecule has 2 amide bonds. The van der Waals surface area contributed by atoms with Crippen molar-refractivity contribution in [2.45, 2.75) is 20.3 Å². The van der Waals surface area contributed by atoms with Crippen LogP contribution in [0.1, 0.15) is 29.3 Å². The maximum Gasteiger partial charge on any atom is 0.251 e. The van der Waals surface area contributed by atoms with E-state index in [9.17, 15) is 14.4 Å². The maximum absolute atomic E-state index is 11.8. The van der Waals surface area contributed by atoms with Crippen LogP contribution in [0.2, 0.25) is 0 Å². The van der Waals surface area contributed by atoms with Gasteiger partial charge in [-0.2, -0.15) is 0 Å². The van der Waals surface area contributed by atoms with E-state index in [1.54, 1.807) is 18.2 Å². The van der Waals surface area contributed by atoms with Crippen LogP contribution in [-0.4, -0.2) is 30.7 Å². The third-order valence-corrected chi connectivity index (χ3v) is 3.08. The Balaban J connectivity index is 2.35. The number of ketones is 1. The molecule has 2 rings (SSSR count). The predicted molar refractivity (Wildman–Crippen MR) is 71.2 cm³/mol. The highest BCUT2D eigenvalue weighted by molar-refractivity contribution is 6.15. The van der Waals surface area contributed by atoms with Gasteiger partial charge in [0.05, 0.1) is 13.0 Å². The highest BCUT2D eigenvalue weighted by Gasteiger charge is 2.29. The van der Waals surface area contributed by atoms with Gasteiger partial charge in [-0.3, -0.25) is 14.4 Å². The van der Waals surface area contributed by atoms with Crippen LogP contribution in [0, 0.1) is 6.92 Å². The van der Waals surface area contributed by atoms with Crippen molar-refractivity contribution in [1.82, 2.24) is 5.32 Å². The van der Waals surface area contributed by atoms with Crippen molar-refractivity contribution >= 4 is 23.3 Å². The summed E-state index contributed by atoms with van der Waals surface area (Å²) in [6.07, 6.45) is -0.0508. The number of rotatable bonds is 3. The molecule has 0 unspecified atom stereocenters. The lowest BCUT2D eigenvalue weighted by Gasteiger charge is -2.18. The van der Waals surface area contributed by atoms with Gasteiger partial charge in [0, 0.05) is 17.8 Å². The minimum atomic E-state index is -0.207. The number of nitrogens with one attached hydrogen (secondary N) is 1. The van der Waals surface area contributed by atoms with Crippen LogP contribution >= 0.6 is 0 Å². The number of anilines is 1. The number of Topliss-reactive ketones (excluding diaryl/α,β-unsaturated/α-hetero) is 1. The Morgan fingerprint density at radius 3 is 2.68 bits per heavy atom. The Bertz CT molecular complexity index is 552. The second-order valence-corrected chi connectivity index (χ2v) is 4.56. The minimum absolute atomic E-state index is 0.0508. The van der Waals surface area contributed by atoms with E-state index in [2.05, 4.69) is 5.32 Å². The molecule has 5 heteroatoms. The first-order valence-electron chi connectivity index (χ1n) is 6.24. The number of nitrogens with zero attached hydrogens (tertiary/aromatic N) is 1. The van der Waals surface area contributed by atoms with E-state index in [1.165, 1.54) is 4.90 Å². The standard InChI is InChI=1S/C14H16N2O3/c1-3-15-14(19)10-5-4-9(2)12(6-10)16-8-11(17)7-13(16)18/h4-6H,3,7-8H2,1-2H3,(H,15,19). The van der Waals surface area contributed by atoms with Crippen molar-refractivity contribution in [3.63, 3.8) is 0 Å². The number of carbonyl (C=O) groups excluding carboxylic acids is 3. The Kier molecular flexibility index (Phi) is 3.64. The zero-order valence-corrected chi connectivity index (χ0v) is 11.0. The van der Waals surface area contributed by atoms with Crippen molar-refractivity contribution in [3.8, 4) is 0 Å². The van der Waals surface area contributed by atoms with Gasteiger partial charge < -0.3 is 10.2 Å². The first kappa shape index (κ1) is 13.3. The number of amides is 2. The summed E-state index contributed by atoms with van der Waals surface area (Å²) in [6.45, 7) is 4.34. The molecule has 0 aromatic heterocycles. The van der Waals surface area contributed by atoms with Gasteiger partial charge in [0.2, 0.25) is 5.91 Å². The van der Waals surface area contributed by atoms with Crippen LogP contribution < -0.4 is 10.2 Å². The number of hydrogen-bond donors (Lipinski definition) is 1. The highest BCUT2D eigenvalue weighted by Crippen LogP contribution is 2.25. The molecule has 0 radical (unpaired) electrons. The highest BCUT2D eigenvalue weighted by atomic mass is 16.2. The molecule has 1 saturated heterocycles. The zero-order chi connectivity index (χ0) is 14.0. The molecule has 0 spiro atoms. The molecule has 1 fully saturated rings. The third kappa shape index (κ3) is 2.65. The average Bonchev–Trinajstić information content (AvgIpc) is 2.69. The van der Waals surface area contributed by atoms with Gasteiger partial charge in [0.15, 0.2) is 5.78 Å². The van der Waals surface area contributed by atoms with Gasteiger partial charge in [0.1, 0.15) is 0 Å².